The first-order valence-corrected chi connectivity index (χ1v) is 7.69. The molecular formula is C19H21NO. The van der Waals surface area contributed by atoms with Gasteiger partial charge in [0.15, 0.2) is 0 Å². The molecule has 2 aromatic carbocycles. The molecule has 0 unspecified atom stereocenters. The van der Waals surface area contributed by atoms with E-state index in [4.69, 9.17) is 0 Å². The van der Waals surface area contributed by atoms with Gasteiger partial charge in [-0.3, -0.25) is 4.79 Å². The highest BCUT2D eigenvalue weighted by Gasteiger charge is 2.21. The normalized spacial score (nSPS) is 16.0. The number of hydrogen-bond donors (Lipinski definition) is 0. The summed E-state index contributed by atoms with van der Waals surface area (Å²) >= 11 is 0. The summed E-state index contributed by atoms with van der Waals surface area (Å²) in [5.41, 5.74) is 3.05. The van der Waals surface area contributed by atoms with E-state index >= 15 is 0 Å². The first-order valence-electron chi connectivity index (χ1n) is 7.69. The second-order valence-corrected chi connectivity index (χ2v) is 5.92. The molecule has 0 saturated carbocycles. The zero-order chi connectivity index (χ0) is 14.7. The van der Waals surface area contributed by atoms with Crippen molar-refractivity contribution in [2.45, 2.75) is 19.8 Å². The van der Waals surface area contributed by atoms with Gasteiger partial charge in [-0.15, -0.1) is 0 Å². The second kappa shape index (κ2) is 6.13. The van der Waals surface area contributed by atoms with E-state index in [1.54, 1.807) is 0 Å². The fourth-order valence-corrected chi connectivity index (χ4v) is 2.86. The number of carbonyl (C=O) groups excluding carboxylic acids is 1. The molecule has 108 valence electrons. The molecule has 0 atom stereocenters. The van der Waals surface area contributed by atoms with Crippen LogP contribution in [0, 0.1) is 5.92 Å². The van der Waals surface area contributed by atoms with Gasteiger partial charge >= 0.3 is 0 Å². The Hall–Kier alpha value is -2.09. The smallest absolute Gasteiger partial charge is 0.253 e. The number of rotatable bonds is 2. The first kappa shape index (κ1) is 13.9. The SMILES string of the molecule is CC1CCN(C(=O)c2cccc(-c3ccccc3)c2)CC1. The summed E-state index contributed by atoms with van der Waals surface area (Å²) in [6, 6.07) is 18.2. The maximum absolute atomic E-state index is 12.6. The Morgan fingerprint density at radius 3 is 2.33 bits per heavy atom. The van der Waals surface area contributed by atoms with Gasteiger partial charge in [0, 0.05) is 18.7 Å². The first-order chi connectivity index (χ1) is 10.2. The average Bonchev–Trinajstić information content (AvgIpc) is 2.56. The Balaban J connectivity index is 1.81. The van der Waals surface area contributed by atoms with Crippen LogP contribution in [0.3, 0.4) is 0 Å². The van der Waals surface area contributed by atoms with Crippen LogP contribution in [0.4, 0.5) is 0 Å². The summed E-state index contributed by atoms with van der Waals surface area (Å²) in [5.74, 6) is 0.907. The predicted octanol–water partition coefficient (Wildman–Crippen LogP) is 4.23. The van der Waals surface area contributed by atoms with E-state index in [1.165, 1.54) is 0 Å². The van der Waals surface area contributed by atoms with Gasteiger partial charge in [0.2, 0.25) is 0 Å². The lowest BCUT2D eigenvalue weighted by Gasteiger charge is -2.30. The zero-order valence-corrected chi connectivity index (χ0v) is 12.5. The quantitative estimate of drug-likeness (QED) is 0.805. The van der Waals surface area contributed by atoms with Crippen molar-refractivity contribution < 1.29 is 4.79 Å². The van der Waals surface area contributed by atoms with Gasteiger partial charge < -0.3 is 4.90 Å². The fourth-order valence-electron chi connectivity index (χ4n) is 2.86. The van der Waals surface area contributed by atoms with Crippen molar-refractivity contribution in [2.75, 3.05) is 13.1 Å². The van der Waals surface area contributed by atoms with Crippen molar-refractivity contribution in [3.63, 3.8) is 0 Å². The molecule has 2 heteroatoms. The summed E-state index contributed by atoms with van der Waals surface area (Å²) in [6.45, 7) is 4.03. The number of nitrogens with zero attached hydrogens (tertiary/aromatic N) is 1. The molecule has 1 heterocycles. The largest absolute Gasteiger partial charge is 0.339 e. The van der Waals surface area contributed by atoms with Crippen molar-refractivity contribution in [1.29, 1.82) is 0 Å². The second-order valence-electron chi connectivity index (χ2n) is 5.92. The van der Waals surface area contributed by atoms with Crippen molar-refractivity contribution >= 4 is 5.91 Å². The standard InChI is InChI=1S/C19H21NO/c1-15-10-12-20(13-11-15)19(21)18-9-5-8-17(14-18)16-6-3-2-4-7-16/h2-9,14-15H,10-13H2,1H3. The summed E-state index contributed by atoms with van der Waals surface area (Å²) in [5, 5.41) is 0. The third-order valence-electron chi connectivity index (χ3n) is 4.29. The van der Waals surface area contributed by atoms with Crippen LogP contribution in [0.25, 0.3) is 11.1 Å². The van der Waals surface area contributed by atoms with Crippen molar-refractivity contribution in [3.05, 3.63) is 60.2 Å². The molecule has 1 amide bonds. The minimum Gasteiger partial charge on any atom is -0.339 e. The third-order valence-corrected chi connectivity index (χ3v) is 4.29. The van der Waals surface area contributed by atoms with Crippen molar-refractivity contribution in [3.8, 4) is 11.1 Å². The Bertz CT molecular complexity index is 612. The van der Waals surface area contributed by atoms with Gasteiger partial charge in [0.1, 0.15) is 0 Å². The van der Waals surface area contributed by atoms with Gasteiger partial charge in [-0.2, -0.15) is 0 Å². The lowest BCUT2D eigenvalue weighted by atomic mass is 9.98. The molecule has 3 rings (SSSR count). The maximum atomic E-state index is 12.6. The zero-order valence-electron chi connectivity index (χ0n) is 12.5. The van der Waals surface area contributed by atoms with Gasteiger partial charge in [-0.25, -0.2) is 0 Å². The van der Waals surface area contributed by atoms with Crippen LogP contribution in [-0.2, 0) is 0 Å². The van der Waals surface area contributed by atoms with Crippen LogP contribution in [0.1, 0.15) is 30.1 Å². The van der Waals surface area contributed by atoms with Gasteiger partial charge in [-0.1, -0.05) is 49.4 Å². The maximum Gasteiger partial charge on any atom is 0.253 e. The monoisotopic (exact) mass is 279 g/mol. The number of piperidine rings is 1. The molecular weight excluding hydrogens is 258 g/mol. The molecule has 1 saturated heterocycles. The minimum atomic E-state index is 0.166. The summed E-state index contributed by atoms with van der Waals surface area (Å²) < 4.78 is 0. The van der Waals surface area contributed by atoms with Crippen LogP contribution in [-0.4, -0.2) is 23.9 Å². The van der Waals surface area contributed by atoms with Gasteiger partial charge in [0.25, 0.3) is 5.91 Å². The molecule has 2 aromatic rings. The van der Waals surface area contributed by atoms with Crippen LogP contribution in [0.15, 0.2) is 54.6 Å². The number of amides is 1. The third kappa shape index (κ3) is 3.15. The molecule has 1 aliphatic heterocycles. The van der Waals surface area contributed by atoms with E-state index in [-0.39, 0.29) is 5.91 Å². The number of hydrogen-bond acceptors (Lipinski definition) is 1. The number of benzene rings is 2. The van der Waals surface area contributed by atoms with Crippen LogP contribution >= 0.6 is 0 Å². The number of likely N-dealkylation sites (tertiary alicyclic amines) is 1. The van der Waals surface area contributed by atoms with Crippen LogP contribution in [0.5, 0.6) is 0 Å². The minimum absolute atomic E-state index is 0.166. The molecule has 1 fully saturated rings. The molecule has 0 bridgehead atoms. The summed E-state index contributed by atoms with van der Waals surface area (Å²) in [7, 11) is 0. The van der Waals surface area contributed by atoms with E-state index in [9.17, 15) is 4.79 Å². The Labute approximate surface area is 126 Å². The van der Waals surface area contributed by atoms with E-state index < -0.39 is 0 Å². The lowest BCUT2D eigenvalue weighted by molar-refractivity contribution is 0.0697. The molecule has 0 spiro atoms. The van der Waals surface area contributed by atoms with Gasteiger partial charge in [-0.05, 0) is 42.0 Å². The highest BCUT2D eigenvalue weighted by Crippen LogP contribution is 2.22. The molecule has 0 radical (unpaired) electrons. The molecule has 0 N–H and O–H groups in total. The number of carbonyl (C=O) groups is 1. The van der Waals surface area contributed by atoms with Crippen molar-refractivity contribution in [2.24, 2.45) is 5.92 Å². The molecule has 2 nitrogen and oxygen atoms in total. The fraction of sp³-hybridized carbons (Fsp3) is 0.316. The van der Waals surface area contributed by atoms with E-state index in [2.05, 4.69) is 25.1 Å². The van der Waals surface area contributed by atoms with Gasteiger partial charge in [0.05, 0.1) is 0 Å². The Kier molecular flexibility index (Phi) is 4.05. The Morgan fingerprint density at radius 1 is 0.952 bits per heavy atom. The topological polar surface area (TPSA) is 20.3 Å². The van der Waals surface area contributed by atoms with E-state index in [1.807, 2.05) is 41.3 Å². The molecule has 21 heavy (non-hydrogen) atoms. The molecule has 0 aliphatic carbocycles. The highest BCUT2D eigenvalue weighted by atomic mass is 16.2. The summed E-state index contributed by atoms with van der Waals surface area (Å²) in [6.07, 6.45) is 2.23. The molecule has 0 aromatic heterocycles. The van der Waals surface area contributed by atoms with Crippen LogP contribution in [0.2, 0.25) is 0 Å². The lowest BCUT2D eigenvalue weighted by Crippen LogP contribution is -2.37. The highest BCUT2D eigenvalue weighted by molar-refractivity contribution is 5.95. The van der Waals surface area contributed by atoms with E-state index in [0.29, 0.717) is 0 Å². The van der Waals surface area contributed by atoms with Crippen LogP contribution < -0.4 is 0 Å². The molecule has 1 aliphatic rings. The predicted molar refractivity (Wildman–Crippen MR) is 86.2 cm³/mol. The average molecular weight is 279 g/mol. The van der Waals surface area contributed by atoms with Crippen molar-refractivity contribution in [1.82, 2.24) is 4.90 Å². The Morgan fingerprint density at radius 2 is 1.62 bits per heavy atom. The van der Waals surface area contributed by atoms with E-state index in [0.717, 1.165) is 48.5 Å². The summed E-state index contributed by atoms with van der Waals surface area (Å²) in [4.78, 5) is 14.6.